The van der Waals surface area contributed by atoms with E-state index in [1.54, 1.807) is 30.4 Å². The highest BCUT2D eigenvalue weighted by molar-refractivity contribution is 6.09. The Kier molecular flexibility index (Phi) is 8.31. The monoisotopic (exact) mass is 566 g/mol. The number of rotatable bonds is 9. The van der Waals surface area contributed by atoms with E-state index >= 15 is 0 Å². The quantitative estimate of drug-likeness (QED) is 0.301. The number of amides is 1. The van der Waals surface area contributed by atoms with Gasteiger partial charge in [-0.3, -0.25) is 9.59 Å². The smallest absolute Gasteiger partial charge is 0.274 e. The second-order valence-corrected chi connectivity index (χ2v) is 10.7. The molecule has 2 aromatic heterocycles. The first-order valence-corrected chi connectivity index (χ1v) is 14.3. The SMILES string of the molecule is CCN(CC)c1ccc(Nc2cc(-c3cccc(N4CCc5cc(N(C)C)ccc5C4=O)c3CO)cn(C)c2=O)nc1. The number of benzene rings is 2. The highest BCUT2D eigenvalue weighted by atomic mass is 16.3. The molecule has 0 radical (unpaired) electrons. The molecule has 9 heteroatoms. The van der Waals surface area contributed by atoms with Crippen molar-refractivity contribution >= 4 is 34.5 Å². The molecule has 3 heterocycles. The Bertz CT molecular complexity index is 1660. The lowest BCUT2D eigenvalue weighted by Crippen LogP contribution is -2.38. The molecule has 4 aromatic rings. The highest BCUT2D eigenvalue weighted by Gasteiger charge is 2.28. The Morgan fingerprint density at radius 2 is 1.74 bits per heavy atom. The van der Waals surface area contributed by atoms with E-state index in [4.69, 9.17) is 0 Å². The maximum absolute atomic E-state index is 13.6. The van der Waals surface area contributed by atoms with Crippen LogP contribution < -0.4 is 25.6 Å². The lowest BCUT2D eigenvalue weighted by molar-refractivity contribution is 0.0980. The first kappa shape index (κ1) is 28.9. The van der Waals surface area contributed by atoms with E-state index in [0.29, 0.717) is 41.3 Å². The van der Waals surface area contributed by atoms with Crippen LogP contribution in [-0.4, -0.2) is 54.3 Å². The van der Waals surface area contributed by atoms with Crippen LogP contribution in [0.1, 0.15) is 35.3 Å². The van der Waals surface area contributed by atoms with Gasteiger partial charge in [0.2, 0.25) is 0 Å². The fourth-order valence-electron chi connectivity index (χ4n) is 5.57. The summed E-state index contributed by atoms with van der Waals surface area (Å²) in [6.07, 6.45) is 4.26. The van der Waals surface area contributed by atoms with Crippen molar-refractivity contribution in [1.82, 2.24) is 9.55 Å². The number of carbonyl (C=O) groups is 1. The van der Waals surface area contributed by atoms with Crippen LogP contribution in [0.25, 0.3) is 11.1 Å². The predicted octanol–water partition coefficient (Wildman–Crippen LogP) is 4.80. The molecule has 0 bridgehead atoms. The third-order valence-corrected chi connectivity index (χ3v) is 7.92. The zero-order valence-corrected chi connectivity index (χ0v) is 24.9. The largest absolute Gasteiger partial charge is 0.392 e. The van der Waals surface area contributed by atoms with Crippen molar-refractivity contribution in [3.8, 4) is 11.1 Å². The number of aryl methyl sites for hydroxylation is 1. The maximum atomic E-state index is 13.6. The normalized spacial score (nSPS) is 12.7. The molecule has 1 aliphatic heterocycles. The van der Waals surface area contributed by atoms with E-state index in [2.05, 4.69) is 35.1 Å². The van der Waals surface area contributed by atoms with Gasteiger partial charge < -0.3 is 29.7 Å². The van der Waals surface area contributed by atoms with Gasteiger partial charge in [-0.2, -0.15) is 0 Å². The van der Waals surface area contributed by atoms with Crippen molar-refractivity contribution in [2.45, 2.75) is 26.9 Å². The van der Waals surface area contributed by atoms with Crippen LogP contribution in [0.2, 0.25) is 0 Å². The molecular weight excluding hydrogens is 528 g/mol. The van der Waals surface area contributed by atoms with Gasteiger partial charge in [0.05, 0.1) is 24.2 Å². The van der Waals surface area contributed by atoms with E-state index in [9.17, 15) is 14.7 Å². The number of aliphatic hydroxyl groups is 1. The van der Waals surface area contributed by atoms with Gasteiger partial charge >= 0.3 is 0 Å². The summed E-state index contributed by atoms with van der Waals surface area (Å²) < 4.78 is 1.51. The van der Waals surface area contributed by atoms with E-state index in [0.717, 1.165) is 41.2 Å². The molecule has 1 amide bonds. The molecule has 0 aliphatic carbocycles. The molecule has 1 aliphatic rings. The van der Waals surface area contributed by atoms with Crippen LogP contribution in [0.3, 0.4) is 0 Å². The molecule has 2 aromatic carbocycles. The number of pyridine rings is 2. The molecule has 0 fully saturated rings. The number of aromatic nitrogens is 2. The van der Waals surface area contributed by atoms with Gasteiger partial charge in [-0.15, -0.1) is 0 Å². The molecule has 42 heavy (non-hydrogen) atoms. The van der Waals surface area contributed by atoms with Crippen molar-refractivity contribution in [3.05, 3.63) is 94.0 Å². The average Bonchev–Trinajstić information content (AvgIpc) is 3.00. The van der Waals surface area contributed by atoms with Gasteiger partial charge in [0, 0.05) is 69.4 Å². The van der Waals surface area contributed by atoms with Crippen molar-refractivity contribution in [2.24, 2.45) is 7.05 Å². The third kappa shape index (κ3) is 5.47. The maximum Gasteiger partial charge on any atom is 0.274 e. The predicted molar refractivity (Wildman–Crippen MR) is 170 cm³/mol. The molecule has 0 spiro atoms. The van der Waals surface area contributed by atoms with Crippen molar-refractivity contribution < 1.29 is 9.90 Å². The van der Waals surface area contributed by atoms with E-state index in [1.165, 1.54) is 4.57 Å². The standard InChI is InChI=1S/C33H38N6O3/c1-6-38(7-2)25-12-14-31(34-19-25)35-29-18-23(20-37(5)33(29)42)26-9-8-10-30(28(26)21-40)39-16-15-22-17-24(36(3)4)11-13-27(22)32(39)41/h8-14,17-20,40H,6-7,15-16,21H2,1-5H3,(H,34,35). The molecule has 0 atom stereocenters. The van der Waals surface area contributed by atoms with Crippen molar-refractivity contribution in [2.75, 3.05) is 53.7 Å². The lowest BCUT2D eigenvalue weighted by Gasteiger charge is -2.31. The minimum Gasteiger partial charge on any atom is -0.392 e. The van der Waals surface area contributed by atoms with Crippen LogP contribution >= 0.6 is 0 Å². The fraction of sp³-hybridized carbons (Fsp3) is 0.303. The number of hydrogen-bond donors (Lipinski definition) is 2. The molecular formula is C33H38N6O3. The van der Waals surface area contributed by atoms with Gasteiger partial charge in [-0.1, -0.05) is 12.1 Å². The number of carbonyl (C=O) groups excluding carboxylic acids is 1. The Hall–Kier alpha value is -4.63. The Morgan fingerprint density at radius 1 is 0.976 bits per heavy atom. The topological polar surface area (TPSA) is 93.9 Å². The van der Waals surface area contributed by atoms with Crippen LogP contribution in [-0.2, 0) is 20.1 Å². The van der Waals surface area contributed by atoms with Gasteiger partial charge in [0.15, 0.2) is 0 Å². The molecule has 2 N–H and O–H groups in total. The van der Waals surface area contributed by atoms with Crippen molar-refractivity contribution in [1.29, 1.82) is 0 Å². The second kappa shape index (κ2) is 12.1. The lowest BCUT2D eigenvalue weighted by atomic mass is 9.94. The summed E-state index contributed by atoms with van der Waals surface area (Å²) >= 11 is 0. The third-order valence-electron chi connectivity index (χ3n) is 7.92. The summed E-state index contributed by atoms with van der Waals surface area (Å²) in [6, 6.07) is 17.2. The highest BCUT2D eigenvalue weighted by Crippen LogP contribution is 2.35. The van der Waals surface area contributed by atoms with Gasteiger partial charge in [-0.25, -0.2) is 4.98 Å². The van der Waals surface area contributed by atoms with Crippen LogP contribution in [0.4, 0.5) is 28.6 Å². The minimum atomic E-state index is -0.262. The van der Waals surface area contributed by atoms with Crippen LogP contribution in [0.5, 0.6) is 0 Å². The van der Waals surface area contributed by atoms with Gasteiger partial charge in [0.25, 0.3) is 11.5 Å². The Morgan fingerprint density at radius 3 is 2.40 bits per heavy atom. The number of anilines is 5. The molecule has 0 saturated carbocycles. The Labute approximate surface area is 246 Å². The molecule has 0 saturated heterocycles. The summed E-state index contributed by atoms with van der Waals surface area (Å²) in [5, 5.41) is 13.7. The summed E-state index contributed by atoms with van der Waals surface area (Å²) in [7, 11) is 5.67. The van der Waals surface area contributed by atoms with Crippen LogP contribution in [0.15, 0.2) is 71.8 Å². The number of nitrogens with one attached hydrogen (secondary N) is 1. The Balaban J connectivity index is 1.49. The minimum absolute atomic E-state index is 0.0875. The fourth-order valence-corrected chi connectivity index (χ4v) is 5.57. The average molecular weight is 567 g/mol. The zero-order chi connectivity index (χ0) is 30.0. The number of hydrogen-bond acceptors (Lipinski definition) is 7. The summed E-state index contributed by atoms with van der Waals surface area (Å²) in [6.45, 7) is 6.21. The molecule has 218 valence electrons. The zero-order valence-electron chi connectivity index (χ0n) is 24.9. The van der Waals surface area contributed by atoms with Gasteiger partial charge in [0.1, 0.15) is 11.5 Å². The van der Waals surface area contributed by atoms with E-state index in [-0.39, 0.29) is 18.1 Å². The number of nitrogens with zero attached hydrogens (tertiary/aromatic N) is 5. The van der Waals surface area contributed by atoms with Crippen molar-refractivity contribution in [3.63, 3.8) is 0 Å². The molecule has 5 rings (SSSR count). The van der Waals surface area contributed by atoms with Crippen LogP contribution in [0, 0.1) is 0 Å². The summed E-state index contributed by atoms with van der Waals surface area (Å²) in [5.41, 5.74) is 6.73. The first-order valence-electron chi connectivity index (χ1n) is 14.3. The second-order valence-electron chi connectivity index (χ2n) is 10.7. The van der Waals surface area contributed by atoms with E-state index < -0.39 is 0 Å². The summed E-state index contributed by atoms with van der Waals surface area (Å²) in [4.78, 5) is 37.2. The first-order chi connectivity index (χ1) is 20.2. The van der Waals surface area contributed by atoms with E-state index in [1.807, 2.05) is 61.5 Å². The molecule has 0 unspecified atom stereocenters. The summed E-state index contributed by atoms with van der Waals surface area (Å²) in [5.74, 6) is 0.474. The molecule has 9 nitrogen and oxygen atoms in total. The van der Waals surface area contributed by atoms with Gasteiger partial charge in [-0.05, 0) is 73.9 Å². The number of aliphatic hydroxyl groups excluding tert-OH is 1. The number of fused-ring (bicyclic) bond motifs is 1.